The molecule has 0 atom stereocenters. The van der Waals surface area contributed by atoms with Crippen LogP contribution in [0.2, 0.25) is 0 Å². The van der Waals surface area contributed by atoms with Crippen molar-refractivity contribution in [1.82, 2.24) is 0 Å². The number of anilines is 3. The number of aromatic hydroxyl groups is 3. The Balaban J connectivity index is 1.80. The Bertz CT molecular complexity index is 1230. The van der Waals surface area contributed by atoms with Crippen molar-refractivity contribution < 1.29 is 20.1 Å². The van der Waals surface area contributed by atoms with E-state index in [0.717, 1.165) is 33.8 Å². The lowest BCUT2D eigenvalue weighted by Crippen LogP contribution is -2.10. The Morgan fingerprint density at radius 2 is 1.16 bits per heavy atom. The van der Waals surface area contributed by atoms with Crippen LogP contribution in [0.15, 0.2) is 78.9 Å². The van der Waals surface area contributed by atoms with Crippen molar-refractivity contribution in [3.63, 3.8) is 0 Å². The van der Waals surface area contributed by atoms with E-state index in [-0.39, 0.29) is 17.2 Å². The van der Waals surface area contributed by atoms with Gasteiger partial charge in [0, 0.05) is 23.1 Å². The van der Waals surface area contributed by atoms with Gasteiger partial charge in [0.15, 0.2) is 11.5 Å². The lowest BCUT2D eigenvalue weighted by molar-refractivity contribution is 0.408. The Morgan fingerprint density at radius 3 is 1.75 bits per heavy atom. The Morgan fingerprint density at radius 1 is 0.594 bits per heavy atom. The predicted octanol–water partition coefficient (Wildman–Crippen LogP) is 6.99. The highest BCUT2D eigenvalue weighted by Crippen LogP contribution is 2.40. The third-order valence-electron chi connectivity index (χ3n) is 5.38. The molecule has 0 amide bonds. The number of ether oxygens (including phenoxy) is 1. The second-order valence-corrected chi connectivity index (χ2v) is 7.80. The average molecular weight is 428 g/mol. The highest BCUT2D eigenvalue weighted by Gasteiger charge is 2.16. The third-order valence-corrected chi connectivity index (χ3v) is 5.38. The van der Waals surface area contributed by atoms with E-state index >= 15 is 0 Å². The first-order chi connectivity index (χ1) is 15.3. The van der Waals surface area contributed by atoms with Crippen LogP contribution in [0.3, 0.4) is 0 Å². The van der Waals surface area contributed by atoms with E-state index in [1.165, 1.54) is 0 Å². The van der Waals surface area contributed by atoms with Gasteiger partial charge in [0.2, 0.25) is 0 Å². The molecule has 0 unspecified atom stereocenters. The van der Waals surface area contributed by atoms with Gasteiger partial charge in [-0.25, -0.2) is 0 Å². The first-order valence-corrected chi connectivity index (χ1v) is 10.3. The molecule has 4 rings (SSSR count). The normalized spacial score (nSPS) is 10.7. The molecule has 0 heterocycles. The molecule has 3 N–H and O–H groups in total. The molecular weight excluding hydrogens is 402 g/mol. The molecule has 0 aliphatic rings. The van der Waals surface area contributed by atoms with Crippen molar-refractivity contribution in [3.05, 3.63) is 95.6 Å². The highest BCUT2D eigenvalue weighted by atomic mass is 16.5. The number of para-hydroxylation sites is 1. The minimum Gasteiger partial charge on any atom is -0.508 e. The molecule has 0 aliphatic heterocycles. The summed E-state index contributed by atoms with van der Waals surface area (Å²) >= 11 is 0. The van der Waals surface area contributed by atoms with Gasteiger partial charge in [-0.3, -0.25) is 0 Å². The van der Waals surface area contributed by atoms with Crippen molar-refractivity contribution in [2.75, 3.05) is 4.90 Å². The molecule has 32 heavy (non-hydrogen) atoms. The maximum absolute atomic E-state index is 10.3. The molecule has 0 bridgehead atoms. The van der Waals surface area contributed by atoms with Crippen molar-refractivity contribution in [1.29, 1.82) is 0 Å². The van der Waals surface area contributed by atoms with Crippen LogP contribution in [0.1, 0.15) is 16.7 Å². The average Bonchev–Trinajstić information content (AvgIpc) is 2.77. The van der Waals surface area contributed by atoms with Gasteiger partial charge in [-0.2, -0.15) is 0 Å². The maximum atomic E-state index is 10.3. The topological polar surface area (TPSA) is 73.2 Å². The van der Waals surface area contributed by atoms with Crippen LogP contribution in [0.4, 0.5) is 17.1 Å². The number of phenols is 3. The Kier molecular flexibility index (Phi) is 5.65. The zero-order valence-electron chi connectivity index (χ0n) is 18.2. The van der Waals surface area contributed by atoms with Gasteiger partial charge in [0.25, 0.3) is 0 Å². The van der Waals surface area contributed by atoms with Gasteiger partial charge in [0.05, 0.1) is 0 Å². The summed E-state index contributed by atoms with van der Waals surface area (Å²) in [5.41, 5.74) is 4.76. The summed E-state index contributed by atoms with van der Waals surface area (Å²) in [4.78, 5) is 2.02. The van der Waals surface area contributed by atoms with E-state index in [2.05, 4.69) is 0 Å². The molecule has 0 aromatic heterocycles. The van der Waals surface area contributed by atoms with Crippen LogP contribution in [0.25, 0.3) is 0 Å². The van der Waals surface area contributed by atoms with Crippen LogP contribution in [-0.2, 0) is 0 Å². The van der Waals surface area contributed by atoms with E-state index in [1.54, 1.807) is 18.2 Å². The molecule has 4 aromatic rings. The molecule has 162 valence electrons. The van der Waals surface area contributed by atoms with E-state index in [0.29, 0.717) is 11.5 Å². The molecule has 5 heteroatoms. The molecule has 0 saturated heterocycles. The van der Waals surface area contributed by atoms with Gasteiger partial charge in [-0.05, 0) is 92.1 Å². The number of benzene rings is 4. The number of hydrogen-bond donors (Lipinski definition) is 3. The zero-order valence-corrected chi connectivity index (χ0v) is 18.2. The minimum absolute atomic E-state index is 0.109. The van der Waals surface area contributed by atoms with E-state index in [1.807, 2.05) is 86.3 Å². The molecule has 0 radical (unpaired) electrons. The molecule has 0 aliphatic carbocycles. The second-order valence-electron chi connectivity index (χ2n) is 7.80. The van der Waals surface area contributed by atoms with Crippen LogP contribution in [0, 0.1) is 20.8 Å². The second kappa shape index (κ2) is 8.55. The molecule has 5 nitrogen and oxygen atoms in total. The largest absolute Gasteiger partial charge is 0.508 e. The lowest BCUT2D eigenvalue weighted by atomic mass is 10.1. The maximum Gasteiger partial charge on any atom is 0.169 e. The van der Waals surface area contributed by atoms with Crippen molar-refractivity contribution >= 4 is 17.1 Å². The van der Waals surface area contributed by atoms with E-state index in [9.17, 15) is 15.3 Å². The van der Waals surface area contributed by atoms with Gasteiger partial charge in [0.1, 0.15) is 17.2 Å². The monoisotopic (exact) mass is 427 g/mol. The van der Waals surface area contributed by atoms with Crippen molar-refractivity contribution in [3.8, 4) is 28.7 Å². The van der Waals surface area contributed by atoms with E-state index < -0.39 is 0 Å². The quantitative estimate of drug-likeness (QED) is 0.320. The van der Waals surface area contributed by atoms with Crippen LogP contribution in [-0.4, -0.2) is 15.3 Å². The smallest absolute Gasteiger partial charge is 0.169 e. The fraction of sp³-hybridized carbons (Fsp3) is 0.111. The van der Waals surface area contributed by atoms with Crippen molar-refractivity contribution in [2.45, 2.75) is 20.8 Å². The zero-order chi connectivity index (χ0) is 22.8. The van der Waals surface area contributed by atoms with Gasteiger partial charge >= 0.3 is 0 Å². The third kappa shape index (κ3) is 4.18. The molecule has 0 saturated carbocycles. The fourth-order valence-corrected chi connectivity index (χ4v) is 3.53. The van der Waals surface area contributed by atoms with Crippen LogP contribution < -0.4 is 9.64 Å². The highest BCUT2D eigenvalue weighted by molar-refractivity contribution is 5.78. The standard InChI is InChI=1S/C27H25NO4/c1-17-6-4-9-26(27(17)31)32-23-8-5-7-20(16-23)28(21-10-12-24(29)18(2)14-21)22-11-13-25(30)19(3)15-22/h4-16,29-31H,1-3H3. The summed E-state index contributed by atoms with van der Waals surface area (Å²) in [7, 11) is 0. The molecular formula is C27H25NO4. The number of nitrogens with zero attached hydrogens (tertiary/aromatic N) is 1. The number of rotatable bonds is 5. The SMILES string of the molecule is Cc1cc(N(c2cccc(Oc3cccc(C)c3O)c2)c2ccc(O)c(C)c2)ccc1O. The summed E-state index contributed by atoms with van der Waals surface area (Å²) in [5, 5.41) is 30.3. The number of aryl methyl sites for hydroxylation is 3. The Hall–Kier alpha value is -4.12. The summed E-state index contributed by atoms with van der Waals surface area (Å²) in [6, 6.07) is 23.7. The number of phenolic OH excluding ortho intramolecular Hbond substituents is 3. The Labute approximate surface area is 187 Å². The molecule has 0 fully saturated rings. The number of hydrogen-bond acceptors (Lipinski definition) is 5. The molecule has 4 aromatic carbocycles. The summed E-state index contributed by atoms with van der Waals surface area (Å²) in [6.45, 7) is 5.51. The van der Waals surface area contributed by atoms with Crippen LogP contribution in [0.5, 0.6) is 28.7 Å². The first kappa shape index (κ1) is 21.1. The summed E-state index contributed by atoms with van der Waals surface area (Å²) in [6.07, 6.45) is 0. The fourth-order valence-electron chi connectivity index (χ4n) is 3.53. The van der Waals surface area contributed by atoms with Crippen molar-refractivity contribution in [2.24, 2.45) is 0 Å². The van der Waals surface area contributed by atoms with Gasteiger partial charge in [-0.15, -0.1) is 0 Å². The summed E-state index contributed by atoms with van der Waals surface area (Å²) in [5.74, 6) is 1.51. The minimum atomic E-state index is 0.109. The van der Waals surface area contributed by atoms with Gasteiger partial charge < -0.3 is 25.0 Å². The van der Waals surface area contributed by atoms with E-state index in [4.69, 9.17) is 4.74 Å². The van der Waals surface area contributed by atoms with Gasteiger partial charge in [-0.1, -0.05) is 18.2 Å². The molecule has 0 spiro atoms. The lowest BCUT2D eigenvalue weighted by Gasteiger charge is -2.27. The first-order valence-electron chi connectivity index (χ1n) is 10.3. The predicted molar refractivity (Wildman–Crippen MR) is 127 cm³/mol. The summed E-state index contributed by atoms with van der Waals surface area (Å²) < 4.78 is 5.98. The van der Waals surface area contributed by atoms with Crippen LogP contribution >= 0.6 is 0 Å².